The Kier molecular flexibility index (Phi) is 6.35. The minimum absolute atomic E-state index is 0.0408. The fourth-order valence-corrected chi connectivity index (χ4v) is 2.87. The van der Waals surface area contributed by atoms with Gasteiger partial charge in [-0.3, -0.25) is 10.1 Å². The molecule has 1 aliphatic heterocycles. The van der Waals surface area contributed by atoms with Crippen molar-refractivity contribution < 1.29 is 9.59 Å². The zero-order valence-electron chi connectivity index (χ0n) is 14.0. The summed E-state index contributed by atoms with van der Waals surface area (Å²) in [6, 6.07) is -0.122. The summed E-state index contributed by atoms with van der Waals surface area (Å²) in [4.78, 5) is 32.2. The van der Waals surface area contributed by atoms with Gasteiger partial charge in [-0.25, -0.2) is 9.78 Å². The molecule has 1 aromatic rings. The highest BCUT2D eigenvalue weighted by molar-refractivity contribution is 7.13. The number of thiazole rings is 1. The van der Waals surface area contributed by atoms with Crippen LogP contribution < -0.4 is 10.6 Å². The molecule has 128 valence electrons. The van der Waals surface area contributed by atoms with Crippen LogP contribution in [0.15, 0.2) is 5.38 Å². The fraction of sp³-hybridized carbons (Fsp3) is 0.667. The monoisotopic (exact) mass is 339 g/mol. The van der Waals surface area contributed by atoms with E-state index in [1.165, 1.54) is 11.3 Å². The Morgan fingerprint density at radius 1 is 1.30 bits per heavy atom. The second kappa shape index (κ2) is 8.26. The molecule has 0 aromatic carbocycles. The van der Waals surface area contributed by atoms with E-state index in [1.54, 1.807) is 4.90 Å². The lowest BCUT2D eigenvalue weighted by Gasteiger charge is -2.32. The Balaban J connectivity index is 1.80. The lowest BCUT2D eigenvalue weighted by atomic mass is 10.2. The number of hydrogen-bond acceptors (Lipinski definition) is 5. The van der Waals surface area contributed by atoms with E-state index in [1.807, 2.05) is 12.4 Å². The van der Waals surface area contributed by atoms with Crippen molar-refractivity contribution in [1.82, 2.24) is 20.1 Å². The number of carbonyl (C=O) groups excluding carboxylic acids is 2. The van der Waals surface area contributed by atoms with Crippen molar-refractivity contribution in [3.8, 4) is 0 Å². The van der Waals surface area contributed by atoms with Crippen LogP contribution >= 0.6 is 11.3 Å². The van der Waals surface area contributed by atoms with Crippen molar-refractivity contribution in [2.45, 2.75) is 20.3 Å². The highest BCUT2D eigenvalue weighted by atomic mass is 32.1. The van der Waals surface area contributed by atoms with Crippen LogP contribution in [0.2, 0.25) is 0 Å². The first-order chi connectivity index (χ1) is 10.9. The van der Waals surface area contributed by atoms with Gasteiger partial charge in [-0.2, -0.15) is 0 Å². The molecule has 23 heavy (non-hydrogen) atoms. The summed E-state index contributed by atoms with van der Waals surface area (Å²) < 4.78 is 0. The summed E-state index contributed by atoms with van der Waals surface area (Å²) in [6.45, 7) is 7.97. The van der Waals surface area contributed by atoms with Gasteiger partial charge in [0.2, 0.25) is 5.91 Å². The number of nitrogens with one attached hydrogen (secondary N) is 2. The topological polar surface area (TPSA) is 77.6 Å². The van der Waals surface area contributed by atoms with Crippen LogP contribution in [-0.2, 0) is 11.2 Å². The Bertz CT molecular complexity index is 538. The van der Waals surface area contributed by atoms with Gasteiger partial charge in [0.05, 0.1) is 12.1 Å². The molecule has 1 fully saturated rings. The van der Waals surface area contributed by atoms with Crippen LogP contribution in [0.1, 0.15) is 19.5 Å². The third kappa shape index (κ3) is 5.80. The summed E-state index contributed by atoms with van der Waals surface area (Å²) in [5.74, 6) is 0.383. The van der Waals surface area contributed by atoms with Crippen molar-refractivity contribution in [2.75, 3.05) is 45.1 Å². The number of urea groups is 1. The van der Waals surface area contributed by atoms with E-state index in [0.29, 0.717) is 23.3 Å². The molecule has 0 bridgehead atoms. The molecular weight excluding hydrogens is 314 g/mol. The van der Waals surface area contributed by atoms with Gasteiger partial charge in [0.15, 0.2) is 5.13 Å². The molecule has 0 atom stereocenters. The lowest BCUT2D eigenvalue weighted by molar-refractivity contribution is -0.120. The van der Waals surface area contributed by atoms with Gasteiger partial charge in [0, 0.05) is 38.1 Å². The molecule has 0 aliphatic carbocycles. The summed E-state index contributed by atoms with van der Waals surface area (Å²) >= 11 is 1.35. The Hall–Kier alpha value is -1.67. The minimum atomic E-state index is -0.122. The average molecular weight is 339 g/mol. The first-order valence-electron chi connectivity index (χ1n) is 7.89. The fourth-order valence-electron chi connectivity index (χ4n) is 2.17. The number of anilines is 1. The molecule has 7 nitrogen and oxygen atoms in total. The predicted octanol–water partition coefficient (Wildman–Crippen LogP) is 1.24. The van der Waals surface area contributed by atoms with Crippen LogP contribution in [0.4, 0.5) is 9.93 Å². The van der Waals surface area contributed by atoms with Crippen molar-refractivity contribution in [1.29, 1.82) is 0 Å². The van der Waals surface area contributed by atoms with Gasteiger partial charge in [-0.05, 0) is 13.0 Å². The van der Waals surface area contributed by atoms with E-state index in [4.69, 9.17) is 0 Å². The molecular formula is C15H25N5O2S. The number of carbonyl (C=O) groups is 2. The minimum Gasteiger partial charge on any atom is -0.356 e. The highest BCUT2D eigenvalue weighted by Crippen LogP contribution is 2.16. The van der Waals surface area contributed by atoms with E-state index in [0.717, 1.165) is 26.2 Å². The third-order valence-electron chi connectivity index (χ3n) is 3.61. The number of rotatable bonds is 5. The Labute approximate surface area is 141 Å². The van der Waals surface area contributed by atoms with Gasteiger partial charge < -0.3 is 15.1 Å². The van der Waals surface area contributed by atoms with E-state index in [9.17, 15) is 9.59 Å². The number of nitrogens with zero attached hydrogens (tertiary/aromatic N) is 3. The first-order valence-corrected chi connectivity index (χ1v) is 8.77. The predicted molar refractivity (Wildman–Crippen MR) is 91.8 cm³/mol. The van der Waals surface area contributed by atoms with Crippen LogP contribution in [0.5, 0.6) is 0 Å². The third-order valence-corrected chi connectivity index (χ3v) is 4.41. The number of aromatic nitrogens is 1. The van der Waals surface area contributed by atoms with Crippen LogP contribution in [0, 0.1) is 5.92 Å². The van der Waals surface area contributed by atoms with E-state index in [-0.39, 0.29) is 18.4 Å². The average Bonchev–Trinajstić information content (AvgIpc) is 2.92. The number of likely N-dealkylation sites (N-methyl/N-ethyl adjacent to an activating group) is 1. The van der Waals surface area contributed by atoms with E-state index < -0.39 is 0 Å². The summed E-state index contributed by atoms with van der Waals surface area (Å²) in [6.07, 6.45) is 0.244. The second-order valence-corrected chi connectivity index (χ2v) is 7.10. The van der Waals surface area contributed by atoms with E-state index >= 15 is 0 Å². The van der Waals surface area contributed by atoms with Crippen LogP contribution in [0.25, 0.3) is 0 Å². The molecule has 1 aromatic heterocycles. The van der Waals surface area contributed by atoms with Gasteiger partial charge in [0.1, 0.15) is 0 Å². The summed E-state index contributed by atoms with van der Waals surface area (Å²) in [7, 11) is 2.05. The molecule has 1 saturated heterocycles. The van der Waals surface area contributed by atoms with Gasteiger partial charge in [0.25, 0.3) is 0 Å². The first kappa shape index (κ1) is 17.7. The molecule has 2 rings (SSSR count). The molecule has 0 spiro atoms. The summed E-state index contributed by atoms with van der Waals surface area (Å²) in [5, 5.41) is 8.03. The van der Waals surface area contributed by atoms with Crippen molar-refractivity contribution in [3.05, 3.63) is 11.1 Å². The van der Waals surface area contributed by atoms with Crippen molar-refractivity contribution >= 4 is 28.4 Å². The quantitative estimate of drug-likeness (QED) is 0.846. The van der Waals surface area contributed by atoms with Crippen molar-refractivity contribution in [2.24, 2.45) is 5.92 Å². The highest BCUT2D eigenvalue weighted by Gasteiger charge is 2.20. The maximum atomic E-state index is 12.2. The molecule has 2 N–H and O–H groups in total. The normalized spacial score (nSPS) is 15.7. The van der Waals surface area contributed by atoms with Crippen molar-refractivity contribution in [3.63, 3.8) is 0 Å². The smallest absolute Gasteiger partial charge is 0.323 e. The van der Waals surface area contributed by atoms with E-state index in [2.05, 4.69) is 34.4 Å². The number of amides is 3. The zero-order chi connectivity index (χ0) is 16.8. The number of hydrogen-bond donors (Lipinski definition) is 2. The van der Waals surface area contributed by atoms with Crippen LogP contribution in [0.3, 0.4) is 0 Å². The molecule has 0 radical (unpaired) electrons. The standard InChI is InChI=1S/C15H25N5O2S/c1-11(2)9-16-13(21)8-12-10-23-14(17-12)18-15(22)20-6-4-19(3)5-7-20/h10-11H,4-9H2,1-3H3,(H,16,21)(H,17,18,22). The lowest BCUT2D eigenvalue weighted by Crippen LogP contribution is -2.48. The molecule has 2 heterocycles. The Morgan fingerprint density at radius 3 is 2.65 bits per heavy atom. The van der Waals surface area contributed by atoms with Gasteiger partial charge in [-0.1, -0.05) is 13.8 Å². The Morgan fingerprint density at radius 2 is 2.00 bits per heavy atom. The number of piperazine rings is 1. The molecule has 0 unspecified atom stereocenters. The van der Waals surface area contributed by atoms with Crippen LogP contribution in [-0.4, -0.2) is 66.5 Å². The molecule has 0 saturated carbocycles. The largest absolute Gasteiger partial charge is 0.356 e. The maximum absolute atomic E-state index is 12.2. The summed E-state index contributed by atoms with van der Waals surface area (Å²) in [5.41, 5.74) is 0.685. The SMILES string of the molecule is CC(C)CNC(=O)Cc1csc(NC(=O)N2CCN(C)CC2)n1. The zero-order valence-corrected chi connectivity index (χ0v) is 14.8. The van der Waals surface area contributed by atoms with Gasteiger partial charge in [-0.15, -0.1) is 11.3 Å². The molecule has 3 amide bonds. The second-order valence-electron chi connectivity index (χ2n) is 6.24. The maximum Gasteiger partial charge on any atom is 0.323 e. The molecule has 1 aliphatic rings. The van der Waals surface area contributed by atoms with Gasteiger partial charge >= 0.3 is 6.03 Å². The molecule has 8 heteroatoms.